The van der Waals surface area contributed by atoms with Crippen LogP contribution < -0.4 is 4.72 Å². The van der Waals surface area contributed by atoms with Crippen molar-refractivity contribution in [3.8, 4) is 0 Å². The lowest BCUT2D eigenvalue weighted by Crippen LogP contribution is -2.46. The maximum atomic E-state index is 13.9. The molecule has 0 bridgehead atoms. The van der Waals surface area contributed by atoms with E-state index in [0.29, 0.717) is 19.1 Å². The first-order valence-corrected chi connectivity index (χ1v) is 9.69. The van der Waals surface area contributed by atoms with Crippen molar-refractivity contribution in [2.45, 2.75) is 28.7 Å². The lowest BCUT2D eigenvalue weighted by Gasteiger charge is -2.23. The molecule has 0 aliphatic carbocycles. The summed E-state index contributed by atoms with van der Waals surface area (Å²) in [6, 6.07) is 2.38. The van der Waals surface area contributed by atoms with Crippen LogP contribution in [-0.2, 0) is 23.8 Å². The summed E-state index contributed by atoms with van der Waals surface area (Å²) in [5, 5.41) is 0. The zero-order chi connectivity index (χ0) is 15.9. The highest BCUT2D eigenvalue weighted by Crippen LogP contribution is 2.25. The molecule has 1 unspecified atom stereocenters. The van der Waals surface area contributed by atoms with Gasteiger partial charge in [-0.3, -0.25) is 0 Å². The first kappa shape index (κ1) is 16.6. The molecule has 6 nitrogen and oxygen atoms in total. The summed E-state index contributed by atoms with van der Waals surface area (Å²) in [6.07, 6.45) is 0.460. The molecular formula is C11H13ClFNO5S2. The van der Waals surface area contributed by atoms with Crippen LogP contribution >= 0.6 is 10.7 Å². The van der Waals surface area contributed by atoms with Crippen LogP contribution in [0.25, 0.3) is 0 Å². The van der Waals surface area contributed by atoms with Crippen molar-refractivity contribution in [2.75, 3.05) is 13.2 Å². The van der Waals surface area contributed by atoms with Crippen LogP contribution in [0.15, 0.2) is 28.0 Å². The highest BCUT2D eigenvalue weighted by atomic mass is 35.7. The molecule has 1 fully saturated rings. The Morgan fingerprint density at radius 2 is 2.00 bits per heavy atom. The minimum absolute atomic E-state index is 0.183. The molecule has 1 aliphatic rings. The number of hydrogen-bond acceptors (Lipinski definition) is 5. The van der Waals surface area contributed by atoms with Gasteiger partial charge in [0.1, 0.15) is 10.7 Å². The predicted octanol–water partition coefficient (Wildman–Crippen LogP) is 1.21. The van der Waals surface area contributed by atoms with Crippen molar-refractivity contribution >= 4 is 29.8 Å². The van der Waals surface area contributed by atoms with Gasteiger partial charge in [-0.25, -0.2) is 25.9 Å². The summed E-state index contributed by atoms with van der Waals surface area (Å²) in [7, 11) is -3.18. The summed E-state index contributed by atoms with van der Waals surface area (Å²) in [4.78, 5) is -1.14. The van der Waals surface area contributed by atoms with Gasteiger partial charge in [0, 0.05) is 17.3 Å². The van der Waals surface area contributed by atoms with Gasteiger partial charge in [0.05, 0.1) is 17.0 Å². The summed E-state index contributed by atoms with van der Waals surface area (Å²) in [5.41, 5.74) is -0.817. The largest absolute Gasteiger partial charge is 0.379 e. The Balaban J connectivity index is 2.37. The van der Waals surface area contributed by atoms with E-state index in [4.69, 9.17) is 15.4 Å². The maximum absolute atomic E-state index is 13.9. The number of nitrogens with one attached hydrogen (secondary N) is 1. The number of sulfonamides is 1. The lowest BCUT2D eigenvalue weighted by molar-refractivity contribution is 0.178. The normalized spacial score (nSPS) is 23.4. The minimum atomic E-state index is -4.14. The van der Waals surface area contributed by atoms with E-state index in [2.05, 4.69) is 4.72 Å². The van der Waals surface area contributed by atoms with Crippen LogP contribution in [0.1, 0.15) is 13.3 Å². The number of ether oxygens (including phenoxy) is 1. The van der Waals surface area contributed by atoms with Gasteiger partial charge in [0.25, 0.3) is 9.05 Å². The highest BCUT2D eigenvalue weighted by molar-refractivity contribution is 8.13. The lowest BCUT2D eigenvalue weighted by atomic mass is 10.0. The minimum Gasteiger partial charge on any atom is -0.379 e. The topological polar surface area (TPSA) is 89.5 Å². The van der Waals surface area contributed by atoms with E-state index in [-0.39, 0.29) is 6.61 Å². The first-order valence-electron chi connectivity index (χ1n) is 5.89. The first-order chi connectivity index (χ1) is 9.54. The van der Waals surface area contributed by atoms with Crippen molar-refractivity contribution in [3.05, 3.63) is 24.0 Å². The Morgan fingerprint density at radius 3 is 2.48 bits per heavy atom. The fourth-order valence-corrected chi connectivity index (χ4v) is 4.22. The van der Waals surface area contributed by atoms with Gasteiger partial charge in [-0.15, -0.1) is 0 Å². The maximum Gasteiger partial charge on any atom is 0.261 e. The molecule has 1 aliphatic heterocycles. The van der Waals surface area contributed by atoms with E-state index >= 15 is 0 Å². The van der Waals surface area contributed by atoms with Crippen LogP contribution in [0, 0.1) is 5.82 Å². The Morgan fingerprint density at radius 1 is 1.33 bits per heavy atom. The third-order valence-electron chi connectivity index (χ3n) is 3.07. The second kappa shape index (κ2) is 5.47. The summed E-state index contributed by atoms with van der Waals surface area (Å²) < 4.78 is 67.9. The van der Waals surface area contributed by atoms with Gasteiger partial charge >= 0.3 is 0 Å². The quantitative estimate of drug-likeness (QED) is 0.818. The monoisotopic (exact) mass is 357 g/mol. The van der Waals surface area contributed by atoms with Gasteiger partial charge in [-0.05, 0) is 31.5 Å². The van der Waals surface area contributed by atoms with E-state index in [1.165, 1.54) is 0 Å². The number of halogens is 2. The zero-order valence-corrected chi connectivity index (χ0v) is 13.4. The third-order valence-corrected chi connectivity index (χ3v) is 6.10. The molecule has 2 rings (SSSR count). The molecule has 10 heteroatoms. The van der Waals surface area contributed by atoms with Gasteiger partial charge in [0.2, 0.25) is 10.0 Å². The van der Waals surface area contributed by atoms with Crippen LogP contribution in [0.2, 0.25) is 0 Å². The molecule has 0 amide bonds. The second-order valence-electron chi connectivity index (χ2n) is 5.00. The van der Waals surface area contributed by atoms with E-state index in [1.54, 1.807) is 6.92 Å². The predicted molar refractivity (Wildman–Crippen MR) is 73.6 cm³/mol. The Kier molecular flexibility index (Phi) is 4.33. The summed E-state index contributed by atoms with van der Waals surface area (Å²) in [6.45, 7) is 2.24. The highest BCUT2D eigenvalue weighted by Gasteiger charge is 2.35. The van der Waals surface area contributed by atoms with E-state index < -0.39 is 40.2 Å². The fraction of sp³-hybridized carbons (Fsp3) is 0.455. The average molecular weight is 358 g/mol. The molecule has 1 aromatic rings. The van der Waals surface area contributed by atoms with Crippen molar-refractivity contribution in [3.63, 3.8) is 0 Å². The number of hydrogen-bond donors (Lipinski definition) is 1. The standard InChI is InChI=1S/C11H13ClFNO5S2/c1-11(4-5-19-7-11)14-21(17,18)10-3-2-8(6-9(10)13)20(12,15)16/h2-3,6,14H,4-5,7H2,1H3. The molecule has 118 valence electrons. The second-order valence-corrected chi connectivity index (χ2v) is 9.22. The Bertz CT molecular complexity index is 757. The van der Waals surface area contributed by atoms with Gasteiger partial charge in [-0.2, -0.15) is 0 Å². The third kappa shape index (κ3) is 3.72. The van der Waals surface area contributed by atoms with Gasteiger partial charge in [0.15, 0.2) is 0 Å². The zero-order valence-electron chi connectivity index (χ0n) is 11.0. The molecule has 0 spiro atoms. The van der Waals surface area contributed by atoms with Gasteiger partial charge in [-0.1, -0.05) is 0 Å². The van der Waals surface area contributed by atoms with Crippen molar-refractivity contribution < 1.29 is 26.0 Å². The summed E-state index contributed by atoms with van der Waals surface area (Å²) in [5.74, 6) is -1.19. The fourth-order valence-electron chi connectivity index (χ4n) is 1.98. The van der Waals surface area contributed by atoms with E-state index in [0.717, 1.165) is 12.1 Å². The van der Waals surface area contributed by atoms with Crippen LogP contribution in [0.5, 0.6) is 0 Å². The molecule has 0 radical (unpaired) electrons. The molecule has 1 atom stereocenters. The molecule has 1 heterocycles. The van der Waals surface area contributed by atoms with Crippen LogP contribution in [0.4, 0.5) is 4.39 Å². The molecule has 0 saturated carbocycles. The SMILES string of the molecule is CC1(NS(=O)(=O)c2ccc(S(=O)(=O)Cl)cc2F)CCOC1. The van der Waals surface area contributed by atoms with E-state index in [1.807, 2.05) is 0 Å². The van der Waals surface area contributed by atoms with Gasteiger partial charge < -0.3 is 4.74 Å². The molecule has 1 saturated heterocycles. The summed E-state index contributed by atoms with van der Waals surface area (Å²) >= 11 is 0. The number of rotatable bonds is 4. The number of benzene rings is 1. The van der Waals surface area contributed by atoms with E-state index in [9.17, 15) is 21.2 Å². The van der Waals surface area contributed by atoms with Crippen molar-refractivity contribution in [1.29, 1.82) is 0 Å². The van der Waals surface area contributed by atoms with Crippen molar-refractivity contribution in [2.24, 2.45) is 0 Å². The van der Waals surface area contributed by atoms with Crippen LogP contribution in [0.3, 0.4) is 0 Å². The van der Waals surface area contributed by atoms with Crippen molar-refractivity contribution in [1.82, 2.24) is 4.72 Å². The molecular weight excluding hydrogens is 345 g/mol. The molecule has 0 aromatic heterocycles. The smallest absolute Gasteiger partial charge is 0.261 e. The molecule has 1 aromatic carbocycles. The molecule has 1 N–H and O–H groups in total. The van der Waals surface area contributed by atoms with Crippen LogP contribution in [-0.4, -0.2) is 35.6 Å². The Hall–Kier alpha value is -0.740. The molecule has 21 heavy (non-hydrogen) atoms. The average Bonchev–Trinajstić information content (AvgIpc) is 2.73. The Labute approximate surface area is 126 Å².